The van der Waals surface area contributed by atoms with E-state index in [0.717, 1.165) is 11.3 Å². The summed E-state index contributed by atoms with van der Waals surface area (Å²) in [4.78, 5) is 8.37. The van der Waals surface area contributed by atoms with Crippen molar-refractivity contribution in [1.29, 1.82) is 0 Å². The van der Waals surface area contributed by atoms with Crippen LogP contribution in [0.15, 0.2) is 41.6 Å². The predicted octanol–water partition coefficient (Wildman–Crippen LogP) is 2.00. The highest BCUT2D eigenvalue weighted by molar-refractivity contribution is 5.64. The quantitative estimate of drug-likeness (QED) is 0.656. The number of imidazole rings is 1. The Bertz CT molecular complexity index is 613. The van der Waals surface area contributed by atoms with E-state index in [0.29, 0.717) is 11.5 Å². The molecule has 0 spiro atoms. The van der Waals surface area contributed by atoms with Crippen molar-refractivity contribution in [2.45, 2.75) is 0 Å². The van der Waals surface area contributed by atoms with E-state index in [9.17, 15) is 0 Å². The third kappa shape index (κ3) is 1.18. The Morgan fingerprint density at radius 3 is 3.06 bits per heavy atom. The van der Waals surface area contributed by atoms with Gasteiger partial charge in [0, 0.05) is 18.0 Å². The molecule has 0 bridgehead atoms. The summed E-state index contributed by atoms with van der Waals surface area (Å²) in [6, 6.07) is 1.89. The second-order valence-electron chi connectivity index (χ2n) is 3.29. The summed E-state index contributed by atoms with van der Waals surface area (Å²) in [6.07, 6.45) is 8.60. The van der Waals surface area contributed by atoms with E-state index in [1.54, 1.807) is 32.0 Å². The van der Waals surface area contributed by atoms with Crippen LogP contribution in [0.3, 0.4) is 0 Å². The molecule has 3 aromatic heterocycles. The molecule has 5 nitrogen and oxygen atoms in total. The zero-order valence-electron chi connectivity index (χ0n) is 8.62. The van der Waals surface area contributed by atoms with Gasteiger partial charge in [-0.05, 0) is 6.07 Å². The second-order valence-corrected chi connectivity index (χ2v) is 3.29. The number of ether oxygens (including phenoxy) is 1. The van der Waals surface area contributed by atoms with E-state index < -0.39 is 0 Å². The van der Waals surface area contributed by atoms with E-state index in [1.165, 1.54) is 0 Å². The van der Waals surface area contributed by atoms with Gasteiger partial charge in [-0.3, -0.25) is 4.40 Å². The first-order valence-corrected chi connectivity index (χ1v) is 4.79. The van der Waals surface area contributed by atoms with Gasteiger partial charge in [0.05, 0.1) is 31.5 Å². The van der Waals surface area contributed by atoms with Crippen molar-refractivity contribution in [3.05, 3.63) is 37.2 Å². The molecule has 3 rings (SSSR count). The van der Waals surface area contributed by atoms with Crippen LogP contribution < -0.4 is 4.74 Å². The van der Waals surface area contributed by atoms with E-state index in [1.807, 2.05) is 16.7 Å². The van der Waals surface area contributed by atoms with E-state index >= 15 is 0 Å². The van der Waals surface area contributed by atoms with Gasteiger partial charge in [-0.15, -0.1) is 0 Å². The van der Waals surface area contributed by atoms with Crippen LogP contribution in [0.4, 0.5) is 0 Å². The molecule has 0 atom stereocenters. The lowest BCUT2D eigenvalue weighted by molar-refractivity contribution is 0.400. The van der Waals surface area contributed by atoms with Crippen LogP contribution in [-0.4, -0.2) is 21.5 Å². The summed E-state index contributed by atoms with van der Waals surface area (Å²) in [7, 11) is 1.58. The molecule has 0 unspecified atom stereocenters. The van der Waals surface area contributed by atoms with Crippen LogP contribution in [-0.2, 0) is 0 Å². The predicted molar refractivity (Wildman–Crippen MR) is 57.2 cm³/mol. The molecule has 3 heterocycles. The standard InChI is InChI=1S/C11H9N3O2/c1-15-11-10-13-6-9(8-2-5-16-7-8)14(10)4-3-12-11/h2-7H,1H3. The average molecular weight is 215 g/mol. The molecule has 0 amide bonds. The van der Waals surface area contributed by atoms with E-state index in [4.69, 9.17) is 9.15 Å². The average Bonchev–Trinajstić information content (AvgIpc) is 2.96. The third-order valence-electron chi connectivity index (χ3n) is 2.41. The Morgan fingerprint density at radius 1 is 1.38 bits per heavy atom. The molecule has 0 radical (unpaired) electrons. The van der Waals surface area contributed by atoms with E-state index in [-0.39, 0.29) is 0 Å². The Morgan fingerprint density at radius 2 is 2.31 bits per heavy atom. The molecule has 0 aliphatic rings. The van der Waals surface area contributed by atoms with Crippen LogP contribution in [0.5, 0.6) is 5.88 Å². The minimum Gasteiger partial charge on any atom is -0.478 e. The van der Waals surface area contributed by atoms with Gasteiger partial charge in [-0.2, -0.15) is 0 Å². The Hall–Kier alpha value is -2.30. The van der Waals surface area contributed by atoms with Crippen molar-refractivity contribution in [1.82, 2.24) is 14.4 Å². The topological polar surface area (TPSA) is 52.6 Å². The number of aromatic nitrogens is 3. The number of nitrogens with zero attached hydrogens (tertiary/aromatic N) is 3. The zero-order valence-corrected chi connectivity index (χ0v) is 8.62. The summed E-state index contributed by atoms with van der Waals surface area (Å²) in [5, 5.41) is 0. The van der Waals surface area contributed by atoms with Crippen molar-refractivity contribution in [2.75, 3.05) is 7.11 Å². The number of fused-ring (bicyclic) bond motifs is 1. The first-order valence-electron chi connectivity index (χ1n) is 4.79. The van der Waals surface area contributed by atoms with Gasteiger partial charge >= 0.3 is 0 Å². The normalized spacial score (nSPS) is 10.8. The smallest absolute Gasteiger partial charge is 0.258 e. The molecule has 5 heteroatoms. The number of rotatable bonds is 2. The number of hydrogen-bond acceptors (Lipinski definition) is 4. The van der Waals surface area contributed by atoms with Gasteiger partial charge in [0.1, 0.15) is 0 Å². The van der Waals surface area contributed by atoms with Gasteiger partial charge in [0.15, 0.2) is 0 Å². The third-order valence-corrected chi connectivity index (χ3v) is 2.41. The molecule has 0 aliphatic carbocycles. The van der Waals surface area contributed by atoms with Gasteiger partial charge in [0.25, 0.3) is 5.88 Å². The molecule has 0 aliphatic heterocycles. The molecule has 16 heavy (non-hydrogen) atoms. The summed E-state index contributed by atoms with van der Waals surface area (Å²) in [6.45, 7) is 0. The fourth-order valence-electron chi connectivity index (χ4n) is 1.66. The van der Waals surface area contributed by atoms with Crippen LogP contribution in [0, 0.1) is 0 Å². The largest absolute Gasteiger partial charge is 0.478 e. The van der Waals surface area contributed by atoms with Gasteiger partial charge in [-0.1, -0.05) is 0 Å². The highest BCUT2D eigenvalue weighted by Gasteiger charge is 2.10. The van der Waals surface area contributed by atoms with Crippen molar-refractivity contribution < 1.29 is 9.15 Å². The van der Waals surface area contributed by atoms with Crippen molar-refractivity contribution in [2.24, 2.45) is 0 Å². The number of furan rings is 1. The molecule has 3 aromatic rings. The summed E-state index contributed by atoms with van der Waals surface area (Å²) < 4.78 is 12.1. The van der Waals surface area contributed by atoms with Gasteiger partial charge in [-0.25, -0.2) is 9.97 Å². The minimum absolute atomic E-state index is 0.511. The number of methoxy groups -OCH3 is 1. The van der Waals surface area contributed by atoms with Crippen molar-refractivity contribution in [3.8, 4) is 17.1 Å². The van der Waals surface area contributed by atoms with Gasteiger partial charge in [0.2, 0.25) is 5.65 Å². The molecular weight excluding hydrogens is 206 g/mol. The molecule has 80 valence electrons. The fourth-order valence-corrected chi connectivity index (χ4v) is 1.66. The van der Waals surface area contributed by atoms with Crippen molar-refractivity contribution in [3.63, 3.8) is 0 Å². The lowest BCUT2D eigenvalue weighted by Crippen LogP contribution is -1.94. The Kier molecular flexibility index (Phi) is 1.89. The monoisotopic (exact) mass is 215 g/mol. The molecule has 0 saturated heterocycles. The first-order chi connectivity index (χ1) is 7.90. The molecule has 0 fully saturated rings. The maximum absolute atomic E-state index is 5.14. The van der Waals surface area contributed by atoms with E-state index in [2.05, 4.69) is 9.97 Å². The van der Waals surface area contributed by atoms with Crippen LogP contribution in [0.1, 0.15) is 0 Å². The summed E-state index contributed by atoms with van der Waals surface area (Å²) >= 11 is 0. The maximum atomic E-state index is 5.14. The number of hydrogen-bond donors (Lipinski definition) is 0. The molecular formula is C11H9N3O2. The minimum atomic E-state index is 0.511. The second kappa shape index (κ2) is 3.37. The maximum Gasteiger partial charge on any atom is 0.258 e. The van der Waals surface area contributed by atoms with Crippen molar-refractivity contribution >= 4 is 5.65 Å². The Labute approximate surface area is 91.3 Å². The van der Waals surface area contributed by atoms with Crippen LogP contribution in [0.25, 0.3) is 16.9 Å². The van der Waals surface area contributed by atoms with Gasteiger partial charge < -0.3 is 9.15 Å². The molecule has 0 aromatic carbocycles. The molecule has 0 saturated carbocycles. The van der Waals surface area contributed by atoms with Crippen LogP contribution in [0.2, 0.25) is 0 Å². The summed E-state index contributed by atoms with van der Waals surface area (Å²) in [5.74, 6) is 0.511. The lowest BCUT2D eigenvalue weighted by atomic mass is 10.3. The highest BCUT2D eigenvalue weighted by Crippen LogP contribution is 2.24. The lowest BCUT2D eigenvalue weighted by Gasteiger charge is -2.01. The highest BCUT2D eigenvalue weighted by atomic mass is 16.5. The fraction of sp³-hybridized carbons (Fsp3) is 0.0909. The SMILES string of the molecule is COc1nccn2c(-c3ccoc3)cnc12. The molecule has 0 N–H and O–H groups in total. The zero-order chi connectivity index (χ0) is 11.0. The Balaban J connectivity index is 2.29. The van der Waals surface area contributed by atoms with Crippen LogP contribution >= 0.6 is 0 Å². The first kappa shape index (κ1) is 8.96. The summed E-state index contributed by atoms with van der Waals surface area (Å²) in [5.41, 5.74) is 2.62.